The topological polar surface area (TPSA) is 130 Å². The molecule has 0 aliphatic rings. The molecule has 2 aromatic carbocycles. The van der Waals surface area contributed by atoms with Gasteiger partial charge in [0.2, 0.25) is 0 Å². The first-order valence-electron chi connectivity index (χ1n) is 8.79. The second-order valence-corrected chi connectivity index (χ2v) is 7.60. The number of phenols is 2. The number of hydrogen-bond acceptors (Lipinski definition) is 7. The zero-order valence-corrected chi connectivity index (χ0v) is 16.6. The van der Waals surface area contributed by atoms with Crippen molar-refractivity contribution in [3.05, 3.63) is 53.6 Å². The van der Waals surface area contributed by atoms with Crippen molar-refractivity contribution >= 4 is 22.0 Å². The number of ether oxygens (including phenoxy) is 2. The van der Waals surface area contributed by atoms with E-state index in [0.717, 1.165) is 0 Å². The van der Waals surface area contributed by atoms with Crippen LogP contribution in [0.3, 0.4) is 0 Å². The van der Waals surface area contributed by atoms with E-state index >= 15 is 0 Å². The molecule has 0 aromatic heterocycles. The van der Waals surface area contributed by atoms with Gasteiger partial charge in [0, 0.05) is 6.07 Å². The van der Waals surface area contributed by atoms with Crippen LogP contribution >= 0.6 is 0 Å². The van der Waals surface area contributed by atoms with Crippen LogP contribution in [0.5, 0.6) is 23.0 Å². The van der Waals surface area contributed by atoms with Crippen molar-refractivity contribution in [2.75, 3.05) is 19.0 Å². The Bertz CT molecular complexity index is 996. The van der Waals surface area contributed by atoms with Crippen LogP contribution in [0.1, 0.15) is 29.3 Å². The SMILES string of the molecule is CCOc1ccc(C=CC(=O)c2ccc(OCCCS(=O)(=O)O)cc2O)cc1O. The van der Waals surface area contributed by atoms with Gasteiger partial charge in [-0.25, -0.2) is 0 Å². The molecular formula is C20H22O8S. The van der Waals surface area contributed by atoms with Crippen molar-refractivity contribution < 1.29 is 37.5 Å². The molecule has 0 aliphatic carbocycles. The van der Waals surface area contributed by atoms with E-state index in [1.54, 1.807) is 19.1 Å². The van der Waals surface area contributed by atoms with E-state index in [9.17, 15) is 23.4 Å². The maximum atomic E-state index is 12.3. The first-order chi connectivity index (χ1) is 13.7. The molecule has 0 aliphatic heterocycles. The van der Waals surface area contributed by atoms with Gasteiger partial charge in [-0.2, -0.15) is 8.42 Å². The lowest BCUT2D eigenvalue weighted by Gasteiger charge is -2.08. The van der Waals surface area contributed by atoms with Crippen LogP contribution in [0.15, 0.2) is 42.5 Å². The van der Waals surface area contributed by atoms with Gasteiger partial charge in [0.05, 0.1) is 24.5 Å². The minimum Gasteiger partial charge on any atom is -0.507 e. The van der Waals surface area contributed by atoms with Crippen molar-refractivity contribution in [1.82, 2.24) is 0 Å². The molecule has 0 saturated heterocycles. The van der Waals surface area contributed by atoms with Crippen LogP contribution < -0.4 is 9.47 Å². The first kappa shape index (κ1) is 22.3. The number of allylic oxidation sites excluding steroid dienone is 1. The molecule has 156 valence electrons. The summed E-state index contributed by atoms with van der Waals surface area (Å²) in [7, 11) is -4.05. The minimum atomic E-state index is -4.05. The molecule has 9 heteroatoms. The van der Waals surface area contributed by atoms with Crippen molar-refractivity contribution in [2.45, 2.75) is 13.3 Å². The Morgan fingerprint density at radius 1 is 1.07 bits per heavy atom. The number of ketones is 1. The average molecular weight is 422 g/mol. The molecule has 0 heterocycles. The van der Waals surface area contributed by atoms with Gasteiger partial charge in [0.25, 0.3) is 10.1 Å². The van der Waals surface area contributed by atoms with Gasteiger partial charge in [-0.05, 0) is 49.2 Å². The monoisotopic (exact) mass is 422 g/mol. The summed E-state index contributed by atoms with van der Waals surface area (Å²) in [6.45, 7) is 2.24. The van der Waals surface area contributed by atoms with Gasteiger partial charge < -0.3 is 19.7 Å². The number of hydrogen-bond donors (Lipinski definition) is 3. The Morgan fingerprint density at radius 3 is 2.45 bits per heavy atom. The second-order valence-electron chi connectivity index (χ2n) is 6.02. The first-order valence-corrected chi connectivity index (χ1v) is 10.4. The molecule has 0 atom stereocenters. The summed E-state index contributed by atoms with van der Waals surface area (Å²) < 4.78 is 40.5. The molecule has 29 heavy (non-hydrogen) atoms. The quantitative estimate of drug-likeness (QED) is 0.230. The Labute approximate surface area is 168 Å². The van der Waals surface area contributed by atoms with E-state index in [0.29, 0.717) is 17.9 Å². The smallest absolute Gasteiger partial charge is 0.264 e. The van der Waals surface area contributed by atoms with Crippen LogP contribution in [0.2, 0.25) is 0 Å². The van der Waals surface area contributed by atoms with E-state index in [4.69, 9.17) is 14.0 Å². The summed E-state index contributed by atoms with van der Waals surface area (Å²) in [4.78, 5) is 12.3. The molecule has 2 rings (SSSR count). The van der Waals surface area contributed by atoms with Crippen molar-refractivity contribution in [3.63, 3.8) is 0 Å². The summed E-state index contributed by atoms with van der Waals surface area (Å²) in [6.07, 6.45) is 2.84. The fourth-order valence-electron chi connectivity index (χ4n) is 2.42. The molecule has 3 N–H and O–H groups in total. The van der Waals surface area contributed by atoms with E-state index in [2.05, 4.69) is 0 Å². The Balaban J connectivity index is 2.00. The van der Waals surface area contributed by atoms with Crippen molar-refractivity contribution in [3.8, 4) is 23.0 Å². The molecule has 0 bridgehead atoms. The lowest BCUT2D eigenvalue weighted by Crippen LogP contribution is -2.08. The lowest BCUT2D eigenvalue weighted by molar-refractivity contribution is 0.104. The van der Waals surface area contributed by atoms with Gasteiger partial charge in [-0.1, -0.05) is 12.1 Å². The van der Waals surface area contributed by atoms with Crippen LogP contribution in [0.25, 0.3) is 6.08 Å². The largest absolute Gasteiger partial charge is 0.507 e. The molecule has 0 radical (unpaired) electrons. The van der Waals surface area contributed by atoms with Gasteiger partial charge in [-0.3, -0.25) is 9.35 Å². The Hall–Kier alpha value is -3.04. The maximum Gasteiger partial charge on any atom is 0.264 e. The molecule has 0 fully saturated rings. The number of benzene rings is 2. The van der Waals surface area contributed by atoms with Crippen molar-refractivity contribution in [2.24, 2.45) is 0 Å². The van der Waals surface area contributed by atoms with Gasteiger partial charge in [-0.15, -0.1) is 0 Å². The van der Waals surface area contributed by atoms with E-state index in [1.165, 1.54) is 36.4 Å². The highest BCUT2D eigenvalue weighted by Crippen LogP contribution is 2.28. The number of carbonyl (C=O) groups is 1. The summed E-state index contributed by atoms with van der Waals surface area (Å²) in [6, 6.07) is 8.83. The predicted molar refractivity (Wildman–Crippen MR) is 107 cm³/mol. The molecular weight excluding hydrogens is 400 g/mol. The average Bonchev–Trinajstić information content (AvgIpc) is 2.65. The minimum absolute atomic E-state index is 0.0215. The number of phenolic OH excluding ortho intramolecular Hbond substituents is 2. The van der Waals surface area contributed by atoms with Crippen LogP contribution in [-0.4, -0.2) is 47.9 Å². The second kappa shape index (κ2) is 9.94. The van der Waals surface area contributed by atoms with Gasteiger partial charge in [0.1, 0.15) is 11.5 Å². The zero-order chi connectivity index (χ0) is 21.4. The normalized spacial score (nSPS) is 11.5. The number of rotatable bonds is 10. The highest BCUT2D eigenvalue weighted by molar-refractivity contribution is 7.85. The zero-order valence-electron chi connectivity index (χ0n) is 15.7. The van der Waals surface area contributed by atoms with Crippen LogP contribution in [0, 0.1) is 0 Å². The summed E-state index contributed by atoms with van der Waals surface area (Å²) in [5, 5.41) is 19.9. The van der Waals surface area contributed by atoms with Crippen LogP contribution in [-0.2, 0) is 10.1 Å². The van der Waals surface area contributed by atoms with Gasteiger partial charge in [0.15, 0.2) is 17.3 Å². The van der Waals surface area contributed by atoms with Crippen molar-refractivity contribution in [1.29, 1.82) is 0 Å². The highest BCUT2D eigenvalue weighted by Gasteiger charge is 2.11. The summed E-state index contributed by atoms with van der Waals surface area (Å²) in [5.74, 6) is -0.604. The van der Waals surface area contributed by atoms with Crippen LogP contribution in [0.4, 0.5) is 0 Å². The number of carbonyl (C=O) groups excluding carboxylic acids is 1. The Kier molecular flexibility index (Phi) is 7.63. The van der Waals surface area contributed by atoms with Gasteiger partial charge >= 0.3 is 0 Å². The van der Waals surface area contributed by atoms with E-state index in [1.807, 2.05) is 0 Å². The molecule has 2 aromatic rings. The highest BCUT2D eigenvalue weighted by atomic mass is 32.2. The van der Waals surface area contributed by atoms with E-state index < -0.39 is 21.7 Å². The fourth-order valence-corrected chi connectivity index (χ4v) is 2.90. The molecule has 8 nitrogen and oxygen atoms in total. The molecule has 0 unspecified atom stereocenters. The third kappa shape index (κ3) is 7.13. The lowest BCUT2D eigenvalue weighted by atomic mass is 10.1. The Morgan fingerprint density at radius 2 is 1.83 bits per heavy atom. The molecule has 0 saturated carbocycles. The molecule has 0 amide bonds. The summed E-state index contributed by atoms with van der Waals surface area (Å²) >= 11 is 0. The fraction of sp³-hybridized carbons (Fsp3) is 0.250. The summed E-state index contributed by atoms with van der Waals surface area (Å²) in [5.41, 5.74) is 0.638. The standard InChI is InChI=1S/C20H22O8S/c1-2-27-20-9-5-14(12-19(20)23)4-8-17(21)16-7-6-15(13-18(16)22)28-10-3-11-29(24,25)26/h4-9,12-13,22-23H,2-3,10-11H2,1H3,(H,24,25,26). The third-order valence-corrected chi connectivity index (χ3v) is 4.56. The third-order valence-electron chi connectivity index (χ3n) is 3.76. The van der Waals surface area contributed by atoms with E-state index in [-0.39, 0.29) is 35.8 Å². The predicted octanol–water partition coefficient (Wildman–Crippen LogP) is 3.05. The molecule has 0 spiro atoms. The number of aromatic hydroxyl groups is 2. The maximum absolute atomic E-state index is 12.3.